The van der Waals surface area contributed by atoms with E-state index >= 15 is 0 Å². The van der Waals surface area contributed by atoms with E-state index in [9.17, 15) is 4.79 Å². The first-order valence-corrected chi connectivity index (χ1v) is 8.85. The standard InChI is InChI=1S/C18H32N4O2/c1-13(2)22-15(9-10-21-22)11-20-18(6,14-7-8-14)12-19-16(23)24-17(3,4)5/h9-10,13-14,20H,7-8,11-12H2,1-6H3,(H,19,23). The van der Waals surface area contributed by atoms with Crippen LogP contribution in [0.4, 0.5) is 4.79 Å². The molecule has 0 aromatic carbocycles. The van der Waals surface area contributed by atoms with E-state index in [4.69, 9.17) is 4.74 Å². The fraction of sp³-hybridized carbons (Fsp3) is 0.778. The van der Waals surface area contributed by atoms with Crippen LogP contribution in [0, 0.1) is 5.92 Å². The Labute approximate surface area is 145 Å². The molecule has 1 fully saturated rings. The van der Waals surface area contributed by atoms with Crippen molar-refractivity contribution in [3.05, 3.63) is 18.0 Å². The number of ether oxygens (including phenoxy) is 1. The van der Waals surface area contributed by atoms with E-state index < -0.39 is 5.60 Å². The average Bonchev–Trinajstić information content (AvgIpc) is 3.20. The molecule has 2 N–H and O–H groups in total. The minimum Gasteiger partial charge on any atom is -0.444 e. The molecule has 1 atom stereocenters. The maximum absolute atomic E-state index is 11.9. The number of rotatable bonds is 7. The molecule has 0 spiro atoms. The molecule has 1 unspecified atom stereocenters. The van der Waals surface area contributed by atoms with Gasteiger partial charge in [-0.2, -0.15) is 5.10 Å². The molecule has 0 bridgehead atoms. The molecule has 1 aromatic heterocycles. The van der Waals surface area contributed by atoms with Crippen molar-refractivity contribution in [3.63, 3.8) is 0 Å². The van der Waals surface area contributed by atoms with Crippen LogP contribution in [0.3, 0.4) is 0 Å². The number of carbonyl (C=O) groups is 1. The lowest BCUT2D eigenvalue weighted by molar-refractivity contribution is 0.0507. The molecule has 1 amide bonds. The maximum atomic E-state index is 11.9. The number of aromatic nitrogens is 2. The minimum absolute atomic E-state index is 0.136. The summed E-state index contributed by atoms with van der Waals surface area (Å²) in [5.41, 5.74) is 0.550. The third kappa shape index (κ3) is 5.23. The lowest BCUT2D eigenvalue weighted by Crippen LogP contribution is -2.53. The SMILES string of the molecule is CC(C)n1nccc1CNC(C)(CNC(=O)OC(C)(C)C)C1CC1. The van der Waals surface area contributed by atoms with Crippen molar-refractivity contribution >= 4 is 6.09 Å². The van der Waals surface area contributed by atoms with Gasteiger partial charge in [-0.15, -0.1) is 0 Å². The molecule has 1 aromatic rings. The van der Waals surface area contributed by atoms with E-state index in [0.29, 0.717) is 18.5 Å². The summed E-state index contributed by atoms with van der Waals surface area (Å²) < 4.78 is 7.37. The van der Waals surface area contributed by atoms with E-state index in [1.807, 2.05) is 37.7 Å². The van der Waals surface area contributed by atoms with Gasteiger partial charge < -0.3 is 15.4 Å². The molecule has 24 heavy (non-hydrogen) atoms. The molecular weight excluding hydrogens is 304 g/mol. The minimum atomic E-state index is -0.475. The second kappa shape index (κ2) is 7.13. The molecule has 1 saturated carbocycles. The molecule has 1 aliphatic carbocycles. The Morgan fingerprint density at radius 3 is 2.58 bits per heavy atom. The van der Waals surface area contributed by atoms with Crippen molar-refractivity contribution in [3.8, 4) is 0 Å². The van der Waals surface area contributed by atoms with Gasteiger partial charge in [0.25, 0.3) is 0 Å². The molecule has 2 rings (SSSR count). The molecule has 6 nitrogen and oxygen atoms in total. The smallest absolute Gasteiger partial charge is 0.407 e. The van der Waals surface area contributed by atoms with Crippen molar-refractivity contribution in [2.75, 3.05) is 6.54 Å². The predicted octanol–water partition coefficient (Wildman–Crippen LogP) is 3.25. The molecule has 0 aliphatic heterocycles. The third-order valence-electron chi connectivity index (χ3n) is 4.39. The Hall–Kier alpha value is -1.56. The zero-order valence-corrected chi connectivity index (χ0v) is 15.8. The second-order valence-electron chi connectivity index (χ2n) is 8.26. The van der Waals surface area contributed by atoms with Gasteiger partial charge in [-0.25, -0.2) is 4.79 Å². The van der Waals surface area contributed by atoms with Gasteiger partial charge in [0.2, 0.25) is 0 Å². The van der Waals surface area contributed by atoms with E-state index in [1.165, 1.54) is 12.8 Å². The molecule has 0 saturated heterocycles. The number of nitrogens with one attached hydrogen (secondary N) is 2. The summed E-state index contributed by atoms with van der Waals surface area (Å²) in [5, 5.41) is 10.9. The van der Waals surface area contributed by atoms with Crippen LogP contribution < -0.4 is 10.6 Å². The highest BCUT2D eigenvalue weighted by Gasteiger charge is 2.41. The molecule has 6 heteroatoms. The first-order valence-electron chi connectivity index (χ1n) is 8.85. The Balaban J connectivity index is 1.93. The largest absolute Gasteiger partial charge is 0.444 e. The lowest BCUT2D eigenvalue weighted by Gasteiger charge is -2.32. The van der Waals surface area contributed by atoms with E-state index in [1.54, 1.807) is 0 Å². The number of hydrogen-bond donors (Lipinski definition) is 2. The van der Waals surface area contributed by atoms with Crippen LogP contribution in [0.1, 0.15) is 66.1 Å². The van der Waals surface area contributed by atoms with Gasteiger partial charge in [0, 0.05) is 30.9 Å². The van der Waals surface area contributed by atoms with E-state index in [-0.39, 0.29) is 11.6 Å². The highest BCUT2D eigenvalue weighted by Crippen LogP contribution is 2.39. The maximum Gasteiger partial charge on any atom is 0.407 e. The first-order chi connectivity index (χ1) is 11.1. The summed E-state index contributed by atoms with van der Waals surface area (Å²) in [7, 11) is 0. The zero-order chi connectivity index (χ0) is 18.0. The predicted molar refractivity (Wildman–Crippen MR) is 94.8 cm³/mol. The van der Waals surface area contributed by atoms with Crippen LogP contribution in [0.2, 0.25) is 0 Å². The fourth-order valence-corrected chi connectivity index (χ4v) is 2.88. The highest BCUT2D eigenvalue weighted by atomic mass is 16.6. The van der Waals surface area contributed by atoms with Gasteiger partial charge in [0.05, 0.1) is 5.69 Å². The number of alkyl carbamates (subject to hydrolysis) is 1. The van der Waals surface area contributed by atoms with Gasteiger partial charge in [-0.3, -0.25) is 4.68 Å². The van der Waals surface area contributed by atoms with Crippen molar-refractivity contribution in [1.29, 1.82) is 0 Å². The number of hydrogen-bond acceptors (Lipinski definition) is 4. The van der Waals surface area contributed by atoms with E-state index in [0.717, 1.165) is 12.2 Å². The van der Waals surface area contributed by atoms with Crippen molar-refractivity contribution in [2.45, 2.75) is 78.1 Å². The Morgan fingerprint density at radius 1 is 1.38 bits per heavy atom. The Kier molecular flexibility index (Phi) is 5.58. The molecule has 136 valence electrons. The normalized spacial score (nSPS) is 17.6. The van der Waals surface area contributed by atoms with E-state index in [2.05, 4.69) is 36.5 Å². The molecule has 0 radical (unpaired) electrons. The topological polar surface area (TPSA) is 68.2 Å². The van der Waals surface area contributed by atoms with Gasteiger partial charge in [-0.1, -0.05) is 0 Å². The number of nitrogens with zero attached hydrogens (tertiary/aromatic N) is 2. The van der Waals surface area contributed by atoms with Crippen LogP contribution in [0.15, 0.2) is 12.3 Å². The second-order valence-corrected chi connectivity index (χ2v) is 8.26. The monoisotopic (exact) mass is 336 g/mol. The van der Waals surface area contributed by atoms with Crippen LogP contribution in [0.25, 0.3) is 0 Å². The Morgan fingerprint density at radius 2 is 2.04 bits per heavy atom. The first kappa shape index (κ1) is 18.8. The van der Waals surface area contributed by atoms with Crippen LogP contribution in [-0.4, -0.2) is 33.6 Å². The van der Waals surface area contributed by atoms with Gasteiger partial charge in [0.15, 0.2) is 0 Å². The number of carbonyl (C=O) groups excluding carboxylic acids is 1. The summed E-state index contributed by atoms with van der Waals surface area (Å²) in [4.78, 5) is 11.9. The van der Waals surface area contributed by atoms with Gasteiger partial charge >= 0.3 is 6.09 Å². The van der Waals surface area contributed by atoms with Crippen LogP contribution >= 0.6 is 0 Å². The quantitative estimate of drug-likeness (QED) is 0.802. The summed E-state index contributed by atoms with van der Waals surface area (Å²) in [6, 6.07) is 2.38. The lowest BCUT2D eigenvalue weighted by atomic mass is 9.95. The van der Waals surface area contributed by atoms with Crippen molar-refractivity contribution in [2.24, 2.45) is 5.92 Å². The van der Waals surface area contributed by atoms with Crippen molar-refractivity contribution < 1.29 is 9.53 Å². The number of amides is 1. The van der Waals surface area contributed by atoms with Gasteiger partial charge in [-0.05, 0) is 66.4 Å². The Bertz CT molecular complexity index is 558. The third-order valence-corrected chi connectivity index (χ3v) is 4.39. The van der Waals surface area contributed by atoms with Crippen LogP contribution in [0.5, 0.6) is 0 Å². The molecular formula is C18H32N4O2. The molecule has 1 heterocycles. The summed E-state index contributed by atoms with van der Waals surface area (Å²) in [6.07, 6.45) is 3.87. The zero-order valence-electron chi connectivity index (χ0n) is 15.8. The fourth-order valence-electron chi connectivity index (χ4n) is 2.88. The highest BCUT2D eigenvalue weighted by molar-refractivity contribution is 5.67. The van der Waals surface area contributed by atoms with Gasteiger partial charge in [0.1, 0.15) is 5.60 Å². The average molecular weight is 336 g/mol. The van der Waals surface area contributed by atoms with Crippen molar-refractivity contribution in [1.82, 2.24) is 20.4 Å². The molecule has 1 aliphatic rings. The summed E-state index contributed by atoms with van der Waals surface area (Å²) >= 11 is 0. The summed E-state index contributed by atoms with van der Waals surface area (Å²) in [6.45, 7) is 13.3. The van der Waals surface area contributed by atoms with Crippen LogP contribution in [-0.2, 0) is 11.3 Å². The summed E-state index contributed by atoms with van der Waals surface area (Å²) in [5.74, 6) is 0.586.